The lowest BCUT2D eigenvalue weighted by Crippen LogP contribution is -2.23. The molecule has 7 heteroatoms. The molecule has 0 bridgehead atoms. The minimum atomic E-state index is -0.668. The summed E-state index contributed by atoms with van der Waals surface area (Å²) in [6, 6.07) is 16.7. The number of ether oxygens (including phenoxy) is 1. The maximum absolute atomic E-state index is 12.5. The van der Waals surface area contributed by atoms with E-state index in [4.69, 9.17) is 10.5 Å². The van der Waals surface area contributed by atoms with Crippen molar-refractivity contribution in [3.63, 3.8) is 0 Å². The highest BCUT2D eigenvalue weighted by molar-refractivity contribution is 5.94. The number of rotatable bonds is 7. The van der Waals surface area contributed by atoms with Crippen molar-refractivity contribution in [3.05, 3.63) is 95.1 Å². The third-order valence-electron chi connectivity index (χ3n) is 4.16. The van der Waals surface area contributed by atoms with E-state index in [2.05, 4.69) is 15.3 Å². The predicted molar refractivity (Wildman–Crippen MR) is 103 cm³/mol. The number of aromatic nitrogens is 2. The van der Waals surface area contributed by atoms with E-state index in [0.29, 0.717) is 23.4 Å². The van der Waals surface area contributed by atoms with Gasteiger partial charge in [-0.3, -0.25) is 14.6 Å². The quantitative estimate of drug-likeness (QED) is 0.658. The van der Waals surface area contributed by atoms with Gasteiger partial charge in [0.25, 0.3) is 11.8 Å². The number of nitrogens with zero attached hydrogens (tertiary/aromatic N) is 2. The Morgan fingerprint density at radius 3 is 2.61 bits per heavy atom. The average Bonchev–Trinajstić information content (AvgIpc) is 2.74. The number of hydrogen-bond acceptors (Lipinski definition) is 5. The predicted octanol–water partition coefficient (Wildman–Crippen LogP) is 2.24. The molecule has 1 aromatic heterocycles. The molecule has 0 saturated carbocycles. The van der Waals surface area contributed by atoms with Crippen LogP contribution in [0.15, 0.2) is 67.0 Å². The fraction of sp³-hybridized carbons (Fsp3) is 0.143. The Labute approximate surface area is 162 Å². The van der Waals surface area contributed by atoms with Gasteiger partial charge in [0.1, 0.15) is 11.8 Å². The molecule has 0 aliphatic rings. The van der Waals surface area contributed by atoms with Gasteiger partial charge in [0.2, 0.25) is 0 Å². The maximum atomic E-state index is 12.5. The number of primary amides is 1. The molecule has 2 aromatic carbocycles. The van der Waals surface area contributed by atoms with Gasteiger partial charge in [0, 0.05) is 19.2 Å². The highest BCUT2D eigenvalue weighted by Crippen LogP contribution is 2.24. The molecule has 2 amide bonds. The number of benzene rings is 2. The zero-order valence-electron chi connectivity index (χ0n) is 15.3. The Hall–Kier alpha value is -3.58. The second-order valence-electron chi connectivity index (χ2n) is 6.10. The van der Waals surface area contributed by atoms with Crippen LogP contribution in [0.1, 0.15) is 43.8 Å². The summed E-state index contributed by atoms with van der Waals surface area (Å²) in [5.74, 6) is -0.865. The topological polar surface area (TPSA) is 107 Å². The zero-order chi connectivity index (χ0) is 19.9. The SMILES string of the molecule is COC(c1cccc(C(=O)NCc2ccccc2)c1)c1cncc(C(N)=O)n1. The number of methoxy groups -OCH3 is 1. The molecule has 1 atom stereocenters. The maximum Gasteiger partial charge on any atom is 0.268 e. The van der Waals surface area contributed by atoms with Gasteiger partial charge in [-0.1, -0.05) is 42.5 Å². The van der Waals surface area contributed by atoms with Crippen LogP contribution in [0.2, 0.25) is 0 Å². The van der Waals surface area contributed by atoms with Crippen molar-refractivity contribution in [1.29, 1.82) is 0 Å². The molecule has 142 valence electrons. The highest BCUT2D eigenvalue weighted by atomic mass is 16.5. The van der Waals surface area contributed by atoms with Crippen molar-refractivity contribution in [2.24, 2.45) is 5.73 Å². The van der Waals surface area contributed by atoms with E-state index in [1.165, 1.54) is 19.5 Å². The van der Waals surface area contributed by atoms with E-state index in [1.807, 2.05) is 36.4 Å². The summed E-state index contributed by atoms with van der Waals surface area (Å²) < 4.78 is 5.53. The molecule has 3 N–H and O–H groups in total. The van der Waals surface area contributed by atoms with Crippen molar-refractivity contribution < 1.29 is 14.3 Å². The number of carbonyl (C=O) groups excluding carboxylic acids is 2. The summed E-state index contributed by atoms with van der Waals surface area (Å²) in [5, 5.41) is 2.89. The van der Waals surface area contributed by atoms with Crippen molar-refractivity contribution in [2.45, 2.75) is 12.6 Å². The fourth-order valence-corrected chi connectivity index (χ4v) is 2.78. The van der Waals surface area contributed by atoms with E-state index < -0.39 is 12.0 Å². The van der Waals surface area contributed by atoms with Gasteiger partial charge in [-0.25, -0.2) is 4.98 Å². The number of amides is 2. The van der Waals surface area contributed by atoms with Gasteiger partial charge in [0.15, 0.2) is 0 Å². The van der Waals surface area contributed by atoms with E-state index in [-0.39, 0.29) is 11.6 Å². The van der Waals surface area contributed by atoms with Crippen LogP contribution in [0.3, 0.4) is 0 Å². The van der Waals surface area contributed by atoms with Crippen molar-refractivity contribution in [1.82, 2.24) is 15.3 Å². The van der Waals surface area contributed by atoms with Crippen LogP contribution in [0, 0.1) is 0 Å². The first-order valence-corrected chi connectivity index (χ1v) is 8.65. The van der Waals surface area contributed by atoms with Gasteiger partial charge in [0.05, 0.1) is 18.1 Å². The number of nitrogens with one attached hydrogen (secondary N) is 1. The molecule has 0 aliphatic heterocycles. The van der Waals surface area contributed by atoms with Gasteiger partial charge >= 0.3 is 0 Å². The summed E-state index contributed by atoms with van der Waals surface area (Å²) in [6.45, 7) is 0.434. The molecule has 1 heterocycles. The Morgan fingerprint density at radius 1 is 1.11 bits per heavy atom. The number of carbonyl (C=O) groups is 2. The lowest BCUT2D eigenvalue weighted by molar-refractivity contribution is 0.0949. The largest absolute Gasteiger partial charge is 0.370 e. The molecule has 3 rings (SSSR count). The first kappa shape index (κ1) is 19.2. The fourth-order valence-electron chi connectivity index (χ4n) is 2.78. The van der Waals surface area contributed by atoms with Gasteiger partial charge in [-0.2, -0.15) is 0 Å². The van der Waals surface area contributed by atoms with Crippen LogP contribution in [0.5, 0.6) is 0 Å². The van der Waals surface area contributed by atoms with Crippen LogP contribution in [0.25, 0.3) is 0 Å². The Morgan fingerprint density at radius 2 is 1.89 bits per heavy atom. The minimum absolute atomic E-state index is 0.0521. The summed E-state index contributed by atoms with van der Waals surface area (Å²) >= 11 is 0. The molecule has 0 radical (unpaired) electrons. The molecule has 0 spiro atoms. The van der Waals surface area contributed by atoms with Gasteiger partial charge < -0.3 is 15.8 Å². The van der Waals surface area contributed by atoms with Crippen LogP contribution in [-0.2, 0) is 11.3 Å². The average molecular weight is 376 g/mol. The molecule has 3 aromatic rings. The number of hydrogen-bond donors (Lipinski definition) is 2. The van der Waals surface area contributed by atoms with Crippen LogP contribution in [0.4, 0.5) is 0 Å². The summed E-state index contributed by atoms with van der Waals surface area (Å²) in [7, 11) is 1.52. The van der Waals surface area contributed by atoms with Crippen LogP contribution < -0.4 is 11.1 Å². The van der Waals surface area contributed by atoms with Crippen LogP contribution in [-0.4, -0.2) is 28.9 Å². The van der Waals surface area contributed by atoms with Crippen molar-refractivity contribution >= 4 is 11.8 Å². The Balaban J connectivity index is 1.80. The second kappa shape index (κ2) is 8.88. The van der Waals surface area contributed by atoms with E-state index in [1.54, 1.807) is 18.2 Å². The molecular formula is C21H20N4O3. The molecule has 28 heavy (non-hydrogen) atoms. The third kappa shape index (κ3) is 4.57. The summed E-state index contributed by atoms with van der Waals surface area (Å²) in [4.78, 5) is 32.1. The molecule has 1 unspecified atom stereocenters. The first-order chi connectivity index (χ1) is 13.6. The monoisotopic (exact) mass is 376 g/mol. The van der Waals surface area contributed by atoms with Gasteiger partial charge in [-0.05, 0) is 23.3 Å². The molecule has 0 aliphatic carbocycles. The Bertz CT molecular complexity index is 976. The van der Waals surface area contributed by atoms with E-state index in [9.17, 15) is 9.59 Å². The van der Waals surface area contributed by atoms with E-state index >= 15 is 0 Å². The van der Waals surface area contributed by atoms with Crippen molar-refractivity contribution in [3.8, 4) is 0 Å². The van der Waals surface area contributed by atoms with Gasteiger partial charge in [-0.15, -0.1) is 0 Å². The number of nitrogens with two attached hydrogens (primary N) is 1. The van der Waals surface area contributed by atoms with Crippen molar-refractivity contribution in [2.75, 3.05) is 7.11 Å². The van der Waals surface area contributed by atoms with Crippen LogP contribution >= 0.6 is 0 Å². The Kier molecular flexibility index (Phi) is 6.08. The molecular weight excluding hydrogens is 356 g/mol. The minimum Gasteiger partial charge on any atom is -0.370 e. The molecule has 0 saturated heterocycles. The standard InChI is InChI=1S/C21H20N4O3/c1-28-19(17-12-23-13-18(25-17)20(22)26)15-8-5-9-16(10-15)21(27)24-11-14-6-3-2-4-7-14/h2-10,12-13,19H,11H2,1H3,(H2,22,26)(H,24,27). The second-order valence-corrected chi connectivity index (χ2v) is 6.10. The lowest BCUT2D eigenvalue weighted by Gasteiger charge is -2.16. The molecule has 0 fully saturated rings. The highest BCUT2D eigenvalue weighted by Gasteiger charge is 2.18. The lowest BCUT2D eigenvalue weighted by atomic mass is 10.0. The molecule has 7 nitrogen and oxygen atoms in total. The smallest absolute Gasteiger partial charge is 0.268 e. The zero-order valence-corrected chi connectivity index (χ0v) is 15.3. The third-order valence-corrected chi connectivity index (χ3v) is 4.16. The normalized spacial score (nSPS) is 11.6. The van der Waals surface area contributed by atoms with E-state index in [0.717, 1.165) is 5.56 Å². The summed E-state index contributed by atoms with van der Waals surface area (Å²) in [5.41, 5.74) is 7.98. The first-order valence-electron chi connectivity index (χ1n) is 8.65. The summed E-state index contributed by atoms with van der Waals surface area (Å²) in [6.07, 6.45) is 2.21.